The van der Waals surface area contributed by atoms with E-state index in [1.807, 2.05) is 11.0 Å². The van der Waals surface area contributed by atoms with Crippen LogP contribution in [0.4, 0.5) is 0 Å². The lowest BCUT2D eigenvalue weighted by Gasteiger charge is -2.34. The van der Waals surface area contributed by atoms with Crippen LogP contribution in [0.5, 0.6) is 0 Å². The van der Waals surface area contributed by atoms with Gasteiger partial charge in [0.2, 0.25) is 0 Å². The summed E-state index contributed by atoms with van der Waals surface area (Å²) in [6, 6.07) is 9.68. The van der Waals surface area contributed by atoms with Gasteiger partial charge in [-0.05, 0) is 36.1 Å². The summed E-state index contributed by atoms with van der Waals surface area (Å²) in [4.78, 5) is 18.4. The van der Waals surface area contributed by atoms with Gasteiger partial charge in [0.25, 0.3) is 5.91 Å². The molecule has 0 bridgehead atoms. The average molecular weight is 414 g/mol. The number of hydrogen-bond acceptors (Lipinski definition) is 3. The maximum Gasteiger partial charge on any atom is 0.255 e. The van der Waals surface area contributed by atoms with Gasteiger partial charge in [-0.1, -0.05) is 33.6 Å². The number of rotatable bonds is 4. The molecule has 3 nitrogen and oxygen atoms in total. The number of amides is 1. The Morgan fingerprint density at radius 1 is 1.22 bits per heavy atom. The zero-order chi connectivity index (χ0) is 16.2. The van der Waals surface area contributed by atoms with E-state index in [2.05, 4.69) is 38.3 Å². The minimum Gasteiger partial charge on any atom is -0.336 e. The zero-order valence-corrected chi connectivity index (χ0v) is 15.8. The van der Waals surface area contributed by atoms with Gasteiger partial charge in [-0.25, -0.2) is 0 Å². The third-order valence-corrected chi connectivity index (χ3v) is 5.83. The first-order chi connectivity index (χ1) is 11.1. The number of piperazine rings is 1. The number of thiophene rings is 1. The molecule has 0 unspecified atom stereocenters. The Balaban J connectivity index is 1.54. The maximum absolute atomic E-state index is 12.6. The second-order valence-electron chi connectivity index (χ2n) is 5.59. The highest BCUT2D eigenvalue weighted by molar-refractivity contribution is 9.10. The molecular formula is C17H18BrClN2OS. The molecule has 1 amide bonds. The van der Waals surface area contributed by atoms with Gasteiger partial charge in [0, 0.05) is 42.1 Å². The Labute approximate surface area is 154 Å². The highest BCUT2D eigenvalue weighted by atomic mass is 79.9. The highest BCUT2D eigenvalue weighted by Crippen LogP contribution is 2.23. The standard InChI is InChI=1S/C17H18BrClN2OS/c18-13-3-4-16(19)15(12-13)17(22)21-9-7-20(8-10-21)6-5-14-2-1-11-23-14/h1-4,11-12H,5-10H2. The number of carbonyl (C=O) groups excluding carboxylic acids is 1. The summed E-state index contributed by atoms with van der Waals surface area (Å²) in [5.41, 5.74) is 0.577. The minimum absolute atomic E-state index is 0.0224. The Bertz CT molecular complexity index is 669. The molecule has 122 valence electrons. The van der Waals surface area contributed by atoms with Gasteiger partial charge >= 0.3 is 0 Å². The van der Waals surface area contributed by atoms with Gasteiger partial charge in [0.05, 0.1) is 10.6 Å². The van der Waals surface area contributed by atoms with Gasteiger partial charge in [-0.3, -0.25) is 9.69 Å². The van der Waals surface area contributed by atoms with Crippen LogP contribution in [0.2, 0.25) is 5.02 Å². The lowest BCUT2D eigenvalue weighted by atomic mass is 10.1. The molecular weight excluding hydrogens is 396 g/mol. The number of nitrogens with zero attached hydrogens (tertiary/aromatic N) is 2. The van der Waals surface area contributed by atoms with Crippen molar-refractivity contribution >= 4 is 44.8 Å². The molecule has 0 saturated carbocycles. The molecule has 1 fully saturated rings. The molecule has 0 N–H and O–H groups in total. The molecule has 1 aromatic carbocycles. The predicted molar refractivity (Wildman–Crippen MR) is 99.5 cm³/mol. The molecule has 0 aliphatic carbocycles. The van der Waals surface area contributed by atoms with E-state index in [-0.39, 0.29) is 5.91 Å². The van der Waals surface area contributed by atoms with Crippen LogP contribution in [0.3, 0.4) is 0 Å². The van der Waals surface area contributed by atoms with E-state index in [1.165, 1.54) is 4.88 Å². The third-order valence-electron chi connectivity index (χ3n) is 4.07. The summed E-state index contributed by atoms with van der Waals surface area (Å²) in [6.07, 6.45) is 1.09. The van der Waals surface area contributed by atoms with Crippen molar-refractivity contribution in [2.75, 3.05) is 32.7 Å². The zero-order valence-electron chi connectivity index (χ0n) is 12.7. The van der Waals surface area contributed by atoms with E-state index in [4.69, 9.17) is 11.6 Å². The van der Waals surface area contributed by atoms with Crippen LogP contribution in [0.15, 0.2) is 40.2 Å². The fourth-order valence-corrected chi connectivity index (χ4v) is 3.99. The van der Waals surface area contributed by atoms with Gasteiger partial charge in [-0.15, -0.1) is 11.3 Å². The van der Waals surface area contributed by atoms with Crippen LogP contribution >= 0.6 is 38.9 Å². The van der Waals surface area contributed by atoms with Crippen molar-refractivity contribution in [3.63, 3.8) is 0 Å². The number of carbonyl (C=O) groups is 1. The quantitative estimate of drug-likeness (QED) is 0.751. The number of hydrogen-bond donors (Lipinski definition) is 0. The monoisotopic (exact) mass is 412 g/mol. The summed E-state index contributed by atoms with van der Waals surface area (Å²) < 4.78 is 0.875. The molecule has 1 aliphatic heterocycles. The van der Waals surface area contributed by atoms with Crippen LogP contribution in [-0.4, -0.2) is 48.4 Å². The second kappa shape index (κ2) is 7.79. The smallest absolute Gasteiger partial charge is 0.255 e. The fourth-order valence-electron chi connectivity index (χ4n) is 2.73. The van der Waals surface area contributed by atoms with Crippen LogP contribution in [0.25, 0.3) is 0 Å². The molecule has 0 atom stereocenters. The maximum atomic E-state index is 12.6. The molecule has 2 aromatic rings. The first kappa shape index (κ1) is 17.0. The SMILES string of the molecule is O=C(c1cc(Br)ccc1Cl)N1CCN(CCc2cccs2)CC1. The molecule has 0 radical (unpaired) electrons. The molecule has 2 heterocycles. The van der Waals surface area contributed by atoms with E-state index >= 15 is 0 Å². The Hall–Kier alpha value is -0.880. The molecule has 1 aromatic heterocycles. The van der Waals surface area contributed by atoms with E-state index < -0.39 is 0 Å². The van der Waals surface area contributed by atoms with Crippen molar-refractivity contribution in [3.8, 4) is 0 Å². The lowest BCUT2D eigenvalue weighted by Crippen LogP contribution is -2.49. The first-order valence-corrected chi connectivity index (χ1v) is 9.67. The normalized spacial score (nSPS) is 15.8. The Morgan fingerprint density at radius 2 is 2.00 bits per heavy atom. The van der Waals surface area contributed by atoms with Crippen LogP contribution in [0.1, 0.15) is 15.2 Å². The highest BCUT2D eigenvalue weighted by Gasteiger charge is 2.23. The topological polar surface area (TPSA) is 23.6 Å². The van der Waals surface area contributed by atoms with Crippen LogP contribution < -0.4 is 0 Å². The van der Waals surface area contributed by atoms with Gasteiger partial charge in [0.15, 0.2) is 0 Å². The molecule has 1 saturated heterocycles. The minimum atomic E-state index is 0.0224. The van der Waals surface area contributed by atoms with Crippen molar-refractivity contribution in [1.82, 2.24) is 9.80 Å². The van der Waals surface area contributed by atoms with E-state index in [0.29, 0.717) is 10.6 Å². The van der Waals surface area contributed by atoms with Crippen LogP contribution in [-0.2, 0) is 6.42 Å². The largest absolute Gasteiger partial charge is 0.336 e. The van der Waals surface area contributed by atoms with Gasteiger partial charge in [-0.2, -0.15) is 0 Å². The Kier molecular flexibility index (Phi) is 5.75. The van der Waals surface area contributed by atoms with Crippen molar-refractivity contribution in [2.24, 2.45) is 0 Å². The molecule has 1 aliphatic rings. The summed E-state index contributed by atoms with van der Waals surface area (Å²) in [5, 5.41) is 2.63. The van der Waals surface area contributed by atoms with E-state index in [1.54, 1.807) is 23.5 Å². The van der Waals surface area contributed by atoms with E-state index in [0.717, 1.165) is 43.6 Å². The second-order valence-corrected chi connectivity index (χ2v) is 7.94. The summed E-state index contributed by atoms with van der Waals surface area (Å²) in [7, 11) is 0. The summed E-state index contributed by atoms with van der Waals surface area (Å²) in [5.74, 6) is 0.0224. The number of halogens is 2. The van der Waals surface area contributed by atoms with Crippen molar-refractivity contribution in [3.05, 3.63) is 55.6 Å². The molecule has 3 rings (SSSR count). The molecule has 23 heavy (non-hydrogen) atoms. The summed E-state index contributed by atoms with van der Waals surface area (Å²) in [6.45, 7) is 4.41. The Morgan fingerprint density at radius 3 is 2.70 bits per heavy atom. The predicted octanol–water partition coefficient (Wildman–Crippen LogP) is 4.16. The van der Waals surface area contributed by atoms with Crippen molar-refractivity contribution in [1.29, 1.82) is 0 Å². The van der Waals surface area contributed by atoms with Crippen molar-refractivity contribution in [2.45, 2.75) is 6.42 Å². The molecule has 6 heteroatoms. The fraction of sp³-hybridized carbons (Fsp3) is 0.353. The average Bonchev–Trinajstić information content (AvgIpc) is 3.08. The first-order valence-electron chi connectivity index (χ1n) is 7.62. The summed E-state index contributed by atoms with van der Waals surface area (Å²) >= 11 is 11.4. The molecule has 0 spiro atoms. The van der Waals surface area contributed by atoms with Gasteiger partial charge < -0.3 is 4.90 Å². The van der Waals surface area contributed by atoms with E-state index in [9.17, 15) is 4.79 Å². The van der Waals surface area contributed by atoms with Crippen molar-refractivity contribution < 1.29 is 4.79 Å². The lowest BCUT2D eigenvalue weighted by molar-refractivity contribution is 0.0639. The number of benzene rings is 1. The van der Waals surface area contributed by atoms with Crippen LogP contribution in [0, 0.1) is 0 Å². The third kappa shape index (κ3) is 4.35. The van der Waals surface area contributed by atoms with Gasteiger partial charge in [0.1, 0.15) is 0 Å².